The highest BCUT2D eigenvalue weighted by molar-refractivity contribution is 5.97. The van der Waals surface area contributed by atoms with Crippen LogP contribution in [-0.2, 0) is 0 Å². The first-order valence-corrected chi connectivity index (χ1v) is 8.44. The molecule has 0 saturated carbocycles. The molecule has 1 aromatic heterocycles. The van der Waals surface area contributed by atoms with Crippen molar-refractivity contribution >= 4 is 16.9 Å². The van der Waals surface area contributed by atoms with Gasteiger partial charge in [0.15, 0.2) is 17.1 Å². The molecule has 4 rings (SSSR count). The van der Waals surface area contributed by atoms with Crippen LogP contribution in [0, 0.1) is 0 Å². The lowest BCUT2D eigenvalue weighted by molar-refractivity contribution is 0.00935. The topological polar surface area (TPSA) is 49.2 Å². The fraction of sp³-hybridized carbons (Fsp3) is 0.500. The van der Waals surface area contributed by atoms with E-state index in [-0.39, 0.29) is 5.91 Å². The molecule has 0 spiro atoms. The number of likely N-dealkylation sites (tertiary alicyclic amines) is 1. The Bertz CT molecular complexity index is 743. The summed E-state index contributed by atoms with van der Waals surface area (Å²) in [6.45, 7) is 5.96. The highest BCUT2D eigenvalue weighted by atomic mass is 16.5. The van der Waals surface area contributed by atoms with Crippen LogP contribution in [0.1, 0.15) is 10.6 Å². The minimum Gasteiger partial charge on any atom is -0.493 e. The molecule has 24 heavy (non-hydrogen) atoms. The molecule has 0 radical (unpaired) electrons. The van der Waals surface area contributed by atoms with Crippen LogP contribution in [0.25, 0.3) is 11.0 Å². The van der Waals surface area contributed by atoms with E-state index in [4.69, 9.17) is 9.15 Å². The number of para-hydroxylation sites is 1. The van der Waals surface area contributed by atoms with Crippen LogP contribution in [0.3, 0.4) is 0 Å². The van der Waals surface area contributed by atoms with E-state index in [0.29, 0.717) is 23.1 Å². The average molecular weight is 329 g/mol. The summed E-state index contributed by atoms with van der Waals surface area (Å²) in [6.07, 6.45) is 0. The molecule has 0 atom stereocenters. The number of fused-ring (bicyclic) bond motifs is 1. The fourth-order valence-corrected chi connectivity index (χ4v) is 3.50. The van der Waals surface area contributed by atoms with E-state index in [9.17, 15) is 4.79 Å². The van der Waals surface area contributed by atoms with Gasteiger partial charge in [-0.2, -0.15) is 0 Å². The van der Waals surface area contributed by atoms with Crippen LogP contribution in [0.5, 0.6) is 5.75 Å². The van der Waals surface area contributed by atoms with E-state index in [1.54, 1.807) is 7.11 Å². The molecule has 0 N–H and O–H groups in total. The molecule has 1 amide bonds. The molecule has 128 valence electrons. The molecule has 3 heterocycles. The number of carbonyl (C=O) groups excluding carboxylic acids is 1. The number of nitrogens with zero attached hydrogens (tertiary/aromatic N) is 3. The Balaban J connectivity index is 1.42. The zero-order valence-corrected chi connectivity index (χ0v) is 14.2. The van der Waals surface area contributed by atoms with Gasteiger partial charge in [0, 0.05) is 50.7 Å². The van der Waals surface area contributed by atoms with Crippen LogP contribution >= 0.6 is 0 Å². The van der Waals surface area contributed by atoms with Gasteiger partial charge in [0.05, 0.1) is 7.11 Å². The number of amides is 1. The Labute approximate surface area is 141 Å². The summed E-state index contributed by atoms with van der Waals surface area (Å²) in [6, 6.07) is 7.97. The molecule has 6 heteroatoms. The summed E-state index contributed by atoms with van der Waals surface area (Å²) in [7, 11) is 3.76. The molecule has 2 saturated heterocycles. The lowest BCUT2D eigenvalue weighted by Gasteiger charge is -2.47. The zero-order valence-electron chi connectivity index (χ0n) is 14.2. The number of carbonyl (C=O) groups is 1. The predicted octanol–water partition coefficient (Wildman–Crippen LogP) is 1.51. The van der Waals surface area contributed by atoms with Crippen LogP contribution in [0.4, 0.5) is 0 Å². The number of likely N-dealkylation sites (N-methyl/N-ethyl adjacent to an activating group) is 1. The Hall–Kier alpha value is -2.05. The van der Waals surface area contributed by atoms with Gasteiger partial charge in [0.1, 0.15) is 0 Å². The Morgan fingerprint density at radius 1 is 1.21 bits per heavy atom. The molecule has 6 nitrogen and oxygen atoms in total. The van der Waals surface area contributed by atoms with Gasteiger partial charge in [-0.3, -0.25) is 9.69 Å². The second-order valence-corrected chi connectivity index (χ2v) is 6.69. The van der Waals surface area contributed by atoms with Gasteiger partial charge in [-0.05, 0) is 19.2 Å². The van der Waals surface area contributed by atoms with Gasteiger partial charge >= 0.3 is 0 Å². The van der Waals surface area contributed by atoms with Crippen molar-refractivity contribution in [1.29, 1.82) is 0 Å². The molecule has 0 unspecified atom stereocenters. The third kappa shape index (κ3) is 2.65. The Morgan fingerprint density at radius 3 is 2.67 bits per heavy atom. The molecule has 2 aliphatic rings. The van der Waals surface area contributed by atoms with E-state index in [1.807, 2.05) is 29.2 Å². The summed E-state index contributed by atoms with van der Waals surface area (Å²) >= 11 is 0. The van der Waals surface area contributed by atoms with Crippen molar-refractivity contribution in [3.63, 3.8) is 0 Å². The largest absolute Gasteiger partial charge is 0.493 e. The van der Waals surface area contributed by atoms with Crippen LogP contribution in [0.2, 0.25) is 0 Å². The van der Waals surface area contributed by atoms with E-state index >= 15 is 0 Å². The maximum absolute atomic E-state index is 12.6. The number of ether oxygens (including phenoxy) is 1. The Morgan fingerprint density at radius 2 is 1.96 bits per heavy atom. The average Bonchev–Trinajstić information content (AvgIpc) is 2.99. The molecule has 1 aromatic carbocycles. The highest BCUT2D eigenvalue weighted by Gasteiger charge is 2.37. The van der Waals surface area contributed by atoms with Gasteiger partial charge in [-0.15, -0.1) is 0 Å². The van der Waals surface area contributed by atoms with Crippen molar-refractivity contribution in [2.24, 2.45) is 0 Å². The minimum absolute atomic E-state index is 0.0290. The summed E-state index contributed by atoms with van der Waals surface area (Å²) in [4.78, 5) is 19.3. The standard InChI is InChI=1S/C18H23N3O3/c1-19-6-8-20(9-7-19)14-11-21(12-14)18(22)16-10-13-4-3-5-15(23-2)17(13)24-16/h3-5,10,14H,6-9,11-12H2,1-2H3. The second-order valence-electron chi connectivity index (χ2n) is 6.69. The molecular weight excluding hydrogens is 306 g/mol. The van der Waals surface area contributed by atoms with E-state index in [2.05, 4.69) is 16.8 Å². The van der Waals surface area contributed by atoms with Gasteiger partial charge in [-0.25, -0.2) is 0 Å². The smallest absolute Gasteiger partial charge is 0.289 e. The third-order valence-corrected chi connectivity index (χ3v) is 5.14. The van der Waals surface area contributed by atoms with Crippen LogP contribution in [-0.4, -0.2) is 80.1 Å². The van der Waals surface area contributed by atoms with Crippen molar-refractivity contribution < 1.29 is 13.9 Å². The second kappa shape index (κ2) is 6.11. The third-order valence-electron chi connectivity index (χ3n) is 5.14. The lowest BCUT2D eigenvalue weighted by Crippen LogP contribution is -2.63. The highest BCUT2D eigenvalue weighted by Crippen LogP contribution is 2.30. The number of hydrogen-bond acceptors (Lipinski definition) is 5. The maximum Gasteiger partial charge on any atom is 0.289 e. The first-order chi connectivity index (χ1) is 11.7. The fourth-order valence-electron chi connectivity index (χ4n) is 3.50. The number of furan rings is 1. The van der Waals surface area contributed by atoms with E-state index < -0.39 is 0 Å². The molecule has 0 aliphatic carbocycles. The molecule has 2 fully saturated rings. The van der Waals surface area contributed by atoms with Crippen molar-refractivity contribution in [2.45, 2.75) is 6.04 Å². The first-order valence-electron chi connectivity index (χ1n) is 8.44. The summed E-state index contributed by atoms with van der Waals surface area (Å²) in [5, 5.41) is 0.897. The summed E-state index contributed by atoms with van der Waals surface area (Å²) < 4.78 is 11.1. The van der Waals surface area contributed by atoms with E-state index in [1.165, 1.54) is 0 Å². The van der Waals surface area contributed by atoms with Crippen LogP contribution in [0.15, 0.2) is 28.7 Å². The monoisotopic (exact) mass is 329 g/mol. The number of benzene rings is 1. The van der Waals surface area contributed by atoms with Gasteiger partial charge in [0.25, 0.3) is 5.91 Å². The van der Waals surface area contributed by atoms with Gasteiger partial charge < -0.3 is 19.0 Å². The SMILES string of the molecule is COc1cccc2cc(C(=O)N3CC(N4CCN(C)CC4)C3)oc12. The first kappa shape index (κ1) is 15.5. The predicted molar refractivity (Wildman–Crippen MR) is 91.5 cm³/mol. The van der Waals surface area contributed by atoms with Crippen LogP contribution < -0.4 is 4.74 Å². The Kier molecular flexibility index (Phi) is 3.94. The summed E-state index contributed by atoms with van der Waals surface area (Å²) in [5.41, 5.74) is 0.638. The maximum atomic E-state index is 12.6. The molecule has 2 aromatic rings. The van der Waals surface area contributed by atoms with Gasteiger partial charge in [0.2, 0.25) is 0 Å². The normalized spacial score (nSPS) is 20.3. The molecule has 0 bridgehead atoms. The lowest BCUT2D eigenvalue weighted by atomic mass is 10.1. The van der Waals surface area contributed by atoms with Gasteiger partial charge in [-0.1, -0.05) is 12.1 Å². The summed E-state index contributed by atoms with van der Waals surface area (Å²) in [5.74, 6) is 1.02. The number of piperazine rings is 1. The number of rotatable bonds is 3. The van der Waals surface area contributed by atoms with Crippen molar-refractivity contribution in [3.05, 3.63) is 30.0 Å². The van der Waals surface area contributed by atoms with Crippen molar-refractivity contribution in [1.82, 2.24) is 14.7 Å². The van der Waals surface area contributed by atoms with Crippen molar-refractivity contribution in [2.75, 3.05) is 53.4 Å². The van der Waals surface area contributed by atoms with E-state index in [0.717, 1.165) is 44.7 Å². The minimum atomic E-state index is -0.0290. The quantitative estimate of drug-likeness (QED) is 0.854. The molecular formula is C18H23N3O3. The number of hydrogen-bond donors (Lipinski definition) is 0. The molecule has 2 aliphatic heterocycles. The number of methoxy groups -OCH3 is 1. The zero-order chi connectivity index (χ0) is 16.7. The van der Waals surface area contributed by atoms with Crippen molar-refractivity contribution in [3.8, 4) is 5.75 Å².